The molecule has 3 nitrogen and oxygen atoms in total. The van der Waals surface area contributed by atoms with Crippen molar-refractivity contribution in [2.75, 3.05) is 14.7 Å². The summed E-state index contributed by atoms with van der Waals surface area (Å²) in [5.41, 5.74) is 7.67. The van der Waals surface area contributed by atoms with E-state index in [0.717, 1.165) is 57.6 Å². The fourth-order valence-corrected chi connectivity index (χ4v) is 5.95. The smallest absolute Gasteiger partial charge is 0.311 e. The van der Waals surface area contributed by atoms with Gasteiger partial charge in [0.25, 0.3) is 0 Å². The van der Waals surface area contributed by atoms with E-state index in [1.165, 1.54) is 12.1 Å². The molecule has 0 aromatic heterocycles. The van der Waals surface area contributed by atoms with Crippen LogP contribution in [0, 0.1) is 0 Å². The van der Waals surface area contributed by atoms with E-state index in [2.05, 4.69) is 70.5 Å². The summed E-state index contributed by atoms with van der Waals surface area (Å²) in [7, 11) is 0. The molecule has 0 radical (unpaired) electrons. The summed E-state index contributed by atoms with van der Waals surface area (Å²) in [4.78, 5) is 6.37. The van der Waals surface area contributed by atoms with E-state index in [0.29, 0.717) is 5.69 Å². The molecule has 7 aromatic rings. The summed E-state index contributed by atoms with van der Waals surface area (Å²) in [6, 6.07) is 62.2. The highest BCUT2D eigenvalue weighted by atomic mass is 19.4. The van der Waals surface area contributed by atoms with Gasteiger partial charge in [-0.25, -0.2) is 0 Å². The molecule has 7 aromatic carbocycles. The third-order valence-corrected chi connectivity index (χ3v) is 8.24. The van der Waals surface area contributed by atoms with Crippen molar-refractivity contribution in [3.8, 4) is 0 Å². The van der Waals surface area contributed by atoms with Gasteiger partial charge in [0.15, 0.2) is 0 Å². The topological polar surface area (TPSA) is 9.72 Å². The van der Waals surface area contributed by atoms with Crippen LogP contribution in [0.5, 0.6) is 0 Å². The molecular weight excluding hydrogens is 615 g/mol. The highest BCUT2D eigenvalue weighted by Gasteiger charge is 2.30. The molecule has 6 heteroatoms. The van der Waals surface area contributed by atoms with Gasteiger partial charge in [-0.3, -0.25) is 0 Å². The van der Waals surface area contributed by atoms with Crippen LogP contribution < -0.4 is 14.7 Å². The Labute approximate surface area is 284 Å². The average molecular weight is 648 g/mol. The minimum absolute atomic E-state index is 0.629. The van der Waals surface area contributed by atoms with Crippen LogP contribution in [0.2, 0.25) is 0 Å². The molecule has 0 spiro atoms. The summed E-state index contributed by atoms with van der Waals surface area (Å²) in [5.74, 6) is 0. The van der Waals surface area contributed by atoms with E-state index in [-0.39, 0.29) is 0 Å². The first kappa shape index (κ1) is 31.3. The lowest BCUT2D eigenvalue weighted by atomic mass is 10.1. The van der Waals surface area contributed by atoms with Gasteiger partial charge in [0.2, 0.25) is 0 Å². The number of para-hydroxylation sites is 4. The zero-order valence-corrected chi connectivity index (χ0v) is 26.5. The standard InChI is InChI=1S/C43H32F3N3/c44-43(45,46)33-21-23-38(24-22-33)48(36-17-9-3-10-18-36)40-29-31-42(32-30-40)49(37-19-11-4-12-20-37)41-27-25-39(26-28-41)47(34-13-5-1-6-14-34)35-15-7-2-8-16-35/h1-32H. The van der Waals surface area contributed by atoms with Gasteiger partial charge >= 0.3 is 6.18 Å². The number of alkyl halides is 3. The van der Waals surface area contributed by atoms with Crippen molar-refractivity contribution in [1.29, 1.82) is 0 Å². The predicted octanol–water partition coefficient (Wildman–Crippen LogP) is 13.1. The number of halogens is 3. The molecule has 0 amide bonds. The van der Waals surface area contributed by atoms with E-state index in [4.69, 9.17) is 0 Å². The van der Waals surface area contributed by atoms with Gasteiger partial charge in [0.05, 0.1) is 5.56 Å². The van der Waals surface area contributed by atoms with E-state index in [1.54, 1.807) is 0 Å². The highest BCUT2D eigenvalue weighted by molar-refractivity contribution is 5.83. The van der Waals surface area contributed by atoms with Crippen molar-refractivity contribution in [1.82, 2.24) is 0 Å². The lowest BCUT2D eigenvalue weighted by molar-refractivity contribution is -0.137. The summed E-state index contributed by atoms with van der Waals surface area (Å²) in [6.45, 7) is 0. The summed E-state index contributed by atoms with van der Waals surface area (Å²) in [5, 5.41) is 0. The normalized spacial score (nSPS) is 11.2. The second-order valence-corrected chi connectivity index (χ2v) is 11.4. The Morgan fingerprint density at radius 2 is 0.429 bits per heavy atom. The van der Waals surface area contributed by atoms with Gasteiger partial charge in [-0.1, -0.05) is 72.8 Å². The number of hydrogen-bond donors (Lipinski definition) is 0. The summed E-state index contributed by atoms with van der Waals surface area (Å²) < 4.78 is 40.1. The molecule has 0 atom stereocenters. The Balaban J connectivity index is 1.25. The Hall–Kier alpha value is -6.27. The van der Waals surface area contributed by atoms with E-state index in [1.807, 2.05) is 114 Å². The molecular formula is C43H32F3N3. The van der Waals surface area contributed by atoms with E-state index < -0.39 is 11.7 Å². The van der Waals surface area contributed by atoms with Crippen molar-refractivity contribution in [2.24, 2.45) is 0 Å². The number of anilines is 9. The second-order valence-electron chi connectivity index (χ2n) is 11.4. The monoisotopic (exact) mass is 647 g/mol. The SMILES string of the molecule is FC(F)(F)c1ccc(N(c2ccccc2)c2ccc(N(c3ccccc3)c3ccc(N(c4ccccc4)c4ccccc4)cc3)cc2)cc1. The van der Waals surface area contributed by atoms with Gasteiger partial charge in [-0.15, -0.1) is 0 Å². The van der Waals surface area contributed by atoms with Crippen LogP contribution in [-0.2, 0) is 6.18 Å². The maximum Gasteiger partial charge on any atom is 0.416 e. The molecule has 0 saturated heterocycles. The number of nitrogens with zero attached hydrogens (tertiary/aromatic N) is 3. The van der Waals surface area contributed by atoms with Crippen LogP contribution in [0.4, 0.5) is 64.4 Å². The third-order valence-electron chi connectivity index (χ3n) is 8.24. The molecule has 0 N–H and O–H groups in total. The Morgan fingerprint density at radius 3 is 0.633 bits per heavy atom. The van der Waals surface area contributed by atoms with Crippen LogP contribution in [0.1, 0.15) is 5.56 Å². The Bertz CT molecular complexity index is 2030. The lowest BCUT2D eigenvalue weighted by Gasteiger charge is -2.29. The number of benzene rings is 7. The van der Waals surface area contributed by atoms with Gasteiger partial charge in [0.1, 0.15) is 0 Å². The second kappa shape index (κ2) is 13.8. The molecule has 0 heterocycles. The molecule has 0 fully saturated rings. The van der Waals surface area contributed by atoms with Gasteiger partial charge in [-0.2, -0.15) is 13.2 Å². The largest absolute Gasteiger partial charge is 0.416 e. The molecule has 0 aliphatic carbocycles. The molecule has 49 heavy (non-hydrogen) atoms. The third kappa shape index (κ3) is 6.90. The van der Waals surface area contributed by atoms with Gasteiger partial charge in [0, 0.05) is 51.2 Å². The first-order chi connectivity index (χ1) is 24.0. The van der Waals surface area contributed by atoms with Crippen molar-refractivity contribution in [3.63, 3.8) is 0 Å². The summed E-state index contributed by atoms with van der Waals surface area (Å²) in [6.07, 6.45) is -4.40. The molecule has 0 aliphatic rings. The summed E-state index contributed by atoms with van der Waals surface area (Å²) >= 11 is 0. The quantitative estimate of drug-likeness (QED) is 0.154. The van der Waals surface area contributed by atoms with E-state index >= 15 is 0 Å². The minimum Gasteiger partial charge on any atom is -0.311 e. The average Bonchev–Trinajstić information content (AvgIpc) is 3.15. The van der Waals surface area contributed by atoms with Gasteiger partial charge < -0.3 is 14.7 Å². The van der Waals surface area contributed by atoms with Crippen LogP contribution in [0.15, 0.2) is 194 Å². The maximum absolute atomic E-state index is 13.4. The Kier molecular flexibility index (Phi) is 8.85. The number of hydrogen-bond acceptors (Lipinski definition) is 3. The first-order valence-electron chi connectivity index (χ1n) is 15.9. The van der Waals surface area contributed by atoms with Gasteiger partial charge in [-0.05, 0) is 121 Å². The Morgan fingerprint density at radius 1 is 0.245 bits per heavy atom. The van der Waals surface area contributed by atoms with Crippen molar-refractivity contribution < 1.29 is 13.2 Å². The predicted molar refractivity (Wildman–Crippen MR) is 195 cm³/mol. The van der Waals surface area contributed by atoms with Crippen molar-refractivity contribution in [2.45, 2.75) is 6.18 Å². The van der Waals surface area contributed by atoms with E-state index in [9.17, 15) is 13.2 Å². The molecule has 0 bridgehead atoms. The molecule has 7 rings (SSSR count). The molecule has 0 saturated carbocycles. The zero-order valence-electron chi connectivity index (χ0n) is 26.5. The molecule has 0 aliphatic heterocycles. The van der Waals surface area contributed by atoms with Crippen molar-refractivity contribution in [3.05, 3.63) is 200 Å². The van der Waals surface area contributed by atoms with Crippen LogP contribution in [-0.4, -0.2) is 0 Å². The zero-order chi connectivity index (χ0) is 33.6. The minimum atomic E-state index is -4.40. The van der Waals surface area contributed by atoms with Crippen LogP contribution in [0.25, 0.3) is 0 Å². The highest BCUT2D eigenvalue weighted by Crippen LogP contribution is 2.41. The fraction of sp³-hybridized carbons (Fsp3) is 0.0233. The van der Waals surface area contributed by atoms with Crippen LogP contribution in [0.3, 0.4) is 0 Å². The maximum atomic E-state index is 13.4. The molecule has 240 valence electrons. The van der Waals surface area contributed by atoms with Crippen molar-refractivity contribution >= 4 is 51.2 Å². The fourth-order valence-electron chi connectivity index (χ4n) is 5.95. The lowest BCUT2D eigenvalue weighted by Crippen LogP contribution is -2.13. The molecule has 0 unspecified atom stereocenters. The number of rotatable bonds is 9. The van der Waals surface area contributed by atoms with Crippen LogP contribution >= 0.6 is 0 Å². The first-order valence-corrected chi connectivity index (χ1v) is 15.9.